The largest absolute Gasteiger partial charge is 0.484 e. The highest BCUT2D eigenvalue weighted by atomic mass is 35.5. The fourth-order valence-corrected chi connectivity index (χ4v) is 3.56. The Hall–Kier alpha value is -2.31. The number of nitrogens with one attached hydrogen (secondary N) is 1. The van der Waals surface area contributed by atoms with Gasteiger partial charge in [0, 0.05) is 28.7 Å². The van der Waals surface area contributed by atoms with Crippen LogP contribution >= 0.6 is 23.2 Å². The Morgan fingerprint density at radius 3 is 2.32 bits per heavy atom. The first-order valence-electron chi connectivity index (χ1n) is 10.3. The number of hydrogen-bond donors (Lipinski definition) is 1. The third kappa shape index (κ3) is 7.40. The Labute approximate surface area is 192 Å². The van der Waals surface area contributed by atoms with Crippen molar-refractivity contribution in [1.29, 1.82) is 0 Å². The summed E-state index contributed by atoms with van der Waals surface area (Å²) in [5, 5.41) is 3.70. The maximum absolute atomic E-state index is 13.1. The van der Waals surface area contributed by atoms with Gasteiger partial charge in [0.25, 0.3) is 5.91 Å². The van der Waals surface area contributed by atoms with E-state index in [0.717, 1.165) is 12.8 Å². The van der Waals surface area contributed by atoms with E-state index in [1.165, 1.54) is 29.2 Å². The van der Waals surface area contributed by atoms with Crippen LogP contribution in [0.1, 0.15) is 38.7 Å². The molecule has 2 rings (SSSR count). The fraction of sp³-hybridized carbons (Fsp3) is 0.391. The van der Waals surface area contributed by atoms with E-state index >= 15 is 0 Å². The Kier molecular flexibility index (Phi) is 10.1. The average molecular weight is 469 g/mol. The number of benzene rings is 2. The Balaban J connectivity index is 2.23. The second-order valence-electron chi connectivity index (χ2n) is 7.03. The van der Waals surface area contributed by atoms with Crippen molar-refractivity contribution in [2.24, 2.45) is 0 Å². The molecule has 5 nitrogen and oxygen atoms in total. The minimum absolute atomic E-state index is 0.0593. The lowest BCUT2D eigenvalue weighted by Crippen LogP contribution is -2.50. The van der Waals surface area contributed by atoms with Gasteiger partial charge in [-0.1, -0.05) is 49.5 Å². The molecule has 0 bridgehead atoms. The number of rotatable bonds is 11. The number of ether oxygens (including phenoxy) is 1. The molecule has 0 unspecified atom stereocenters. The van der Waals surface area contributed by atoms with Gasteiger partial charge >= 0.3 is 0 Å². The normalized spacial score (nSPS) is 11.6. The van der Waals surface area contributed by atoms with Crippen LogP contribution in [0.15, 0.2) is 42.5 Å². The molecule has 0 saturated carbocycles. The second-order valence-corrected chi connectivity index (χ2v) is 7.85. The molecule has 1 atom stereocenters. The van der Waals surface area contributed by atoms with Crippen LogP contribution in [0.4, 0.5) is 4.39 Å². The van der Waals surface area contributed by atoms with E-state index in [4.69, 9.17) is 27.9 Å². The van der Waals surface area contributed by atoms with Gasteiger partial charge in [-0.05, 0) is 49.2 Å². The predicted octanol–water partition coefficient (Wildman–Crippen LogP) is 5.24. The van der Waals surface area contributed by atoms with Crippen LogP contribution in [0.3, 0.4) is 0 Å². The third-order valence-corrected chi connectivity index (χ3v) is 5.49. The van der Waals surface area contributed by atoms with Gasteiger partial charge < -0.3 is 15.0 Å². The molecule has 0 fully saturated rings. The van der Waals surface area contributed by atoms with Crippen LogP contribution < -0.4 is 10.1 Å². The van der Waals surface area contributed by atoms with Crippen molar-refractivity contribution in [3.63, 3.8) is 0 Å². The van der Waals surface area contributed by atoms with Crippen LogP contribution in [0.25, 0.3) is 0 Å². The van der Waals surface area contributed by atoms with Crippen LogP contribution in [-0.2, 0) is 16.1 Å². The zero-order valence-corrected chi connectivity index (χ0v) is 19.2. The van der Waals surface area contributed by atoms with E-state index in [1.54, 1.807) is 18.2 Å². The van der Waals surface area contributed by atoms with Crippen LogP contribution in [0.5, 0.6) is 5.75 Å². The quantitative estimate of drug-likeness (QED) is 0.459. The third-order valence-electron chi connectivity index (χ3n) is 4.78. The first-order valence-corrected chi connectivity index (χ1v) is 11.0. The number of amides is 2. The SMILES string of the molecule is CCCCNC(=O)[C@@H](CC)N(Cc1c(Cl)cccc1Cl)C(=O)COc1ccc(F)cc1. The number of halogens is 3. The Morgan fingerprint density at radius 2 is 1.74 bits per heavy atom. The van der Waals surface area contributed by atoms with Crippen LogP contribution in [-0.4, -0.2) is 35.9 Å². The molecule has 2 amide bonds. The first kappa shape index (κ1) is 25.0. The van der Waals surface area contributed by atoms with Gasteiger partial charge in [0.2, 0.25) is 5.91 Å². The molecule has 0 heterocycles. The smallest absolute Gasteiger partial charge is 0.261 e. The maximum Gasteiger partial charge on any atom is 0.261 e. The summed E-state index contributed by atoms with van der Waals surface area (Å²) in [6.45, 7) is 4.15. The minimum Gasteiger partial charge on any atom is -0.484 e. The molecule has 0 saturated heterocycles. The lowest BCUT2D eigenvalue weighted by molar-refractivity contribution is -0.143. The van der Waals surface area contributed by atoms with Gasteiger partial charge in [0.05, 0.1) is 0 Å². The van der Waals surface area contributed by atoms with E-state index in [9.17, 15) is 14.0 Å². The van der Waals surface area contributed by atoms with Gasteiger partial charge in [0.15, 0.2) is 6.61 Å². The van der Waals surface area contributed by atoms with Gasteiger partial charge in [-0.3, -0.25) is 9.59 Å². The molecule has 0 aliphatic heterocycles. The molecule has 0 aliphatic carbocycles. The Bertz CT molecular complexity index is 857. The standard InChI is InChI=1S/C23H27Cl2FN2O3/c1-3-5-13-27-23(30)21(4-2)28(14-18-19(24)7-6-8-20(18)25)22(29)15-31-17-11-9-16(26)10-12-17/h6-12,21H,3-5,13-15H2,1-2H3,(H,27,30)/t21-/m1/s1. The van der Waals surface area contributed by atoms with Gasteiger partial charge in [0.1, 0.15) is 17.6 Å². The molecule has 2 aromatic rings. The molecule has 1 N–H and O–H groups in total. The zero-order chi connectivity index (χ0) is 22.8. The molecule has 0 aromatic heterocycles. The van der Waals surface area contributed by atoms with Gasteiger partial charge in [-0.15, -0.1) is 0 Å². The number of carbonyl (C=O) groups excluding carboxylic acids is 2. The predicted molar refractivity (Wildman–Crippen MR) is 121 cm³/mol. The number of carbonyl (C=O) groups is 2. The van der Waals surface area contributed by atoms with Crippen molar-refractivity contribution in [2.45, 2.75) is 45.7 Å². The molecular weight excluding hydrogens is 442 g/mol. The van der Waals surface area contributed by atoms with E-state index in [2.05, 4.69) is 5.32 Å². The Morgan fingerprint density at radius 1 is 1.10 bits per heavy atom. The number of hydrogen-bond acceptors (Lipinski definition) is 3. The fourth-order valence-electron chi connectivity index (χ4n) is 3.04. The van der Waals surface area contributed by atoms with Crippen molar-refractivity contribution in [3.05, 3.63) is 63.9 Å². The molecular formula is C23H27Cl2FN2O3. The van der Waals surface area contributed by atoms with E-state index in [-0.39, 0.29) is 19.1 Å². The summed E-state index contributed by atoms with van der Waals surface area (Å²) in [4.78, 5) is 27.3. The lowest BCUT2D eigenvalue weighted by Gasteiger charge is -2.31. The van der Waals surface area contributed by atoms with Crippen molar-refractivity contribution >= 4 is 35.0 Å². The van der Waals surface area contributed by atoms with Crippen molar-refractivity contribution in [2.75, 3.05) is 13.2 Å². The van der Waals surface area contributed by atoms with Crippen molar-refractivity contribution in [1.82, 2.24) is 10.2 Å². The van der Waals surface area contributed by atoms with Gasteiger partial charge in [-0.2, -0.15) is 0 Å². The average Bonchev–Trinajstić information content (AvgIpc) is 2.75. The van der Waals surface area contributed by atoms with Crippen molar-refractivity contribution < 1.29 is 18.7 Å². The lowest BCUT2D eigenvalue weighted by atomic mass is 10.1. The summed E-state index contributed by atoms with van der Waals surface area (Å²) in [6, 6.07) is 9.74. The first-order chi connectivity index (χ1) is 14.9. The second kappa shape index (κ2) is 12.5. The van der Waals surface area contributed by atoms with E-state index in [0.29, 0.717) is 34.3 Å². The summed E-state index contributed by atoms with van der Waals surface area (Å²) < 4.78 is 18.6. The molecule has 0 spiro atoms. The minimum atomic E-state index is -0.714. The molecule has 0 radical (unpaired) electrons. The molecule has 0 aliphatic rings. The van der Waals surface area contributed by atoms with E-state index < -0.39 is 17.8 Å². The number of unbranched alkanes of at least 4 members (excludes halogenated alkanes) is 1. The summed E-state index contributed by atoms with van der Waals surface area (Å²) in [6.07, 6.45) is 2.20. The molecule has 2 aromatic carbocycles. The highest BCUT2D eigenvalue weighted by Crippen LogP contribution is 2.27. The van der Waals surface area contributed by atoms with Crippen LogP contribution in [0.2, 0.25) is 10.0 Å². The topological polar surface area (TPSA) is 58.6 Å². The maximum atomic E-state index is 13.1. The summed E-state index contributed by atoms with van der Waals surface area (Å²) >= 11 is 12.6. The van der Waals surface area contributed by atoms with Gasteiger partial charge in [-0.25, -0.2) is 4.39 Å². The molecule has 168 valence electrons. The molecule has 8 heteroatoms. The summed E-state index contributed by atoms with van der Waals surface area (Å²) in [5.74, 6) is -0.693. The van der Waals surface area contributed by atoms with E-state index in [1.807, 2.05) is 13.8 Å². The van der Waals surface area contributed by atoms with Crippen molar-refractivity contribution in [3.8, 4) is 5.75 Å². The van der Waals surface area contributed by atoms with Crippen LogP contribution in [0, 0.1) is 5.82 Å². The summed E-state index contributed by atoms with van der Waals surface area (Å²) in [7, 11) is 0. The highest BCUT2D eigenvalue weighted by molar-refractivity contribution is 6.36. The monoisotopic (exact) mass is 468 g/mol. The highest BCUT2D eigenvalue weighted by Gasteiger charge is 2.29. The molecule has 31 heavy (non-hydrogen) atoms. The zero-order valence-electron chi connectivity index (χ0n) is 17.7. The number of nitrogens with zero attached hydrogens (tertiary/aromatic N) is 1. The summed E-state index contributed by atoms with van der Waals surface area (Å²) in [5.41, 5.74) is 0.556.